The van der Waals surface area contributed by atoms with Crippen LogP contribution in [0.2, 0.25) is 0 Å². The molecule has 246 valence electrons. The van der Waals surface area contributed by atoms with Gasteiger partial charge in [-0.1, -0.05) is 49.2 Å². The molecule has 1 aliphatic carbocycles. The summed E-state index contributed by atoms with van der Waals surface area (Å²) in [6, 6.07) is 25.5. The van der Waals surface area contributed by atoms with Gasteiger partial charge in [0, 0.05) is 61.3 Å². The van der Waals surface area contributed by atoms with Crippen LogP contribution >= 0.6 is 15.9 Å². The molecule has 0 saturated carbocycles. The Balaban J connectivity index is 1.01. The molecule has 1 aliphatic heterocycles. The third-order valence-electron chi connectivity index (χ3n) is 8.34. The maximum Gasteiger partial charge on any atom is 0.414 e. The predicted octanol–water partition coefficient (Wildman–Crippen LogP) is 7.50. The van der Waals surface area contributed by atoms with E-state index in [0.29, 0.717) is 22.3 Å². The van der Waals surface area contributed by atoms with E-state index in [1.807, 2.05) is 56.6 Å². The number of carbonyl (C=O) groups is 2. The lowest BCUT2D eigenvalue weighted by atomic mass is 10.1. The fraction of sp³-hybridized carbons (Fsp3) is 0.263. The maximum atomic E-state index is 12.8. The Bertz CT molecular complexity index is 2190. The van der Waals surface area contributed by atoms with E-state index in [1.165, 1.54) is 4.90 Å². The Morgan fingerprint density at radius 3 is 2.42 bits per heavy atom. The minimum Gasteiger partial charge on any atom is -0.452 e. The summed E-state index contributed by atoms with van der Waals surface area (Å²) in [6.45, 7) is 1.44. The number of hydrogen-bond acceptors (Lipinski definition) is 6. The van der Waals surface area contributed by atoms with E-state index in [4.69, 9.17) is 14.1 Å². The van der Waals surface area contributed by atoms with Gasteiger partial charge in [0.05, 0.1) is 10.5 Å². The molecule has 4 aromatic carbocycles. The first-order chi connectivity index (χ1) is 23.2. The molecule has 2 amide bonds. The highest BCUT2D eigenvalue weighted by atomic mass is 79.9. The van der Waals surface area contributed by atoms with Crippen molar-refractivity contribution in [2.24, 2.45) is 0 Å². The number of nitrogens with one attached hydrogen (secondary N) is 2. The number of ether oxygens (including phenoxy) is 1. The van der Waals surface area contributed by atoms with Gasteiger partial charge in [-0.05, 0) is 63.8 Å². The molecule has 2 aliphatic rings. The van der Waals surface area contributed by atoms with Crippen molar-refractivity contribution in [3.8, 4) is 17.2 Å². The third kappa shape index (κ3) is 7.13. The van der Waals surface area contributed by atoms with E-state index in [0.717, 1.165) is 87.4 Å². The molecule has 0 radical (unpaired) electrons. The standard InChI is InChI=1S/C38H38BrN5O4/c1-43(2)26-15-17-30-33(22-26)47-34-23-31(28-11-7-8-12-29(28)36(34)42-30)40-19-9-5-6-10-20-41-37(45)25-13-16-27-24(21-25)14-18-32(35(27)39)48-38(46)44(3)4/h7-8,11-18,21-23H,5-6,9-10,19-20H2,1-4H3,(H,41,45)/p+1. The molecule has 0 aromatic heterocycles. The Labute approximate surface area is 287 Å². The molecule has 0 unspecified atom stereocenters. The quantitative estimate of drug-likeness (QED) is 0.0662. The number of hydrogen-bond donors (Lipinski definition) is 2. The number of halogens is 1. The van der Waals surface area contributed by atoms with Crippen LogP contribution in [0, 0.1) is 0 Å². The Morgan fingerprint density at radius 1 is 0.875 bits per heavy atom. The molecule has 1 heterocycles. The van der Waals surface area contributed by atoms with Crippen molar-refractivity contribution in [3.63, 3.8) is 0 Å². The maximum absolute atomic E-state index is 12.8. The van der Waals surface area contributed by atoms with E-state index in [-0.39, 0.29) is 5.91 Å². The van der Waals surface area contributed by atoms with Gasteiger partial charge in [0.2, 0.25) is 5.36 Å². The molecule has 2 N–H and O–H groups in total. The number of aromatic nitrogens is 1. The fourth-order valence-electron chi connectivity index (χ4n) is 5.68. The largest absolute Gasteiger partial charge is 0.452 e. The van der Waals surface area contributed by atoms with Crippen LogP contribution in [0.5, 0.6) is 5.75 Å². The Kier molecular flexibility index (Phi) is 9.91. The number of unbranched alkanes of at least 4 members (excludes halogenated alkanes) is 3. The Hall–Kier alpha value is -4.96. The summed E-state index contributed by atoms with van der Waals surface area (Å²) >= 11 is 3.54. The predicted molar refractivity (Wildman–Crippen MR) is 196 cm³/mol. The summed E-state index contributed by atoms with van der Waals surface area (Å²) in [5.41, 5.74) is 4.07. The van der Waals surface area contributed by atoms with Gasteiger partial charge in [0.1, 0.15) is 31.1 Å². The second-order valence-electron chi connectivity index (χ2n) is 12.2. The smallest absolute Gasteiger partial charge is 0.414 e. The first kappa shape index (κ1) is 33.0. The first-order valence-corrected chi connectivity index (χ1v) is 16.9. The molecule has 0 fully saturated rings. The van der Waals surface area contributed by atoms with Gasteiger partial charge in [-0.25, -0.2) is 14.4 Å². The highest BCUT2D eigenvalue weighted by molar-refractivity contribution is 9.10. The van der Waals surface area contributed by atoms with Crippen molar-refractivity contribution >= 4 is 66.3 Å². The number of benzene rings is 5. The van der Waals surface area contributed by atoms with Gasteiger partial charge in [-0.3, -0.25) is 4.79 Å². The highest BCUT2D eigenvalue weighted by Crippen LogP contribution is 2.35. The molecule has 10 heteroatoms. The zero-order valence-electron chi connectivity index (χ0n) is 27.6. The van der Waals surface area contributed by atoms with Crippen LogP contribution in [0.3, 0.4) is 0 Å². The zero-order valence-corrected chi connectivity index (χ0v) is 29.2. The van der Waals surface area contributed by atoms with Gasteiger partial charge in [0.25, 0.3) is 5.91 Å². The number of rotatable bonds is 10. The number of anilines is 1. The summed E-state index contributed by atoms with van der Waals surface area (Å²) in [5.74, 6) is 1.08. The average Bonchev–Trinajstić information content (AvgIpc) is 3.09. The second kappa shape index (κ2) is 14.4. The molecule has 0 atom stereocenters. The lowest BCUT2D eigenvalue weighted by Crippen LogP contribution is -2.25. The van der Waals surface area contributed by atoms with Crippen LogP contribution in [0.25, 0.3) is 44.1 Å². The van der Waals surface area contributed by atoms with Crippen LogP contribution in [0.15, 0.2) is 87.8 Å². The molecule has 6 rings (SSSR count). The summed E-state index contributed by atoms with van der Waals surface area (Å²) in [4.78, 5) is 31.1. The monoisotopic (exact) mass is 708 g/mol. The van der Waals surface area contributed by atoms with Crippen molar-refractivity contribution in [3.05, 3.63) is 94.3 Å². The highest BCUT2D eigenvalue weighted by Gasteiger charge is 2.16. The van der Waals surface area contributed by atoms with E-state index < -0.39 is 6.09 Å². The van der Waals surface area contributed by atoms with Crippen molar-refractivity contribution in [2.45, 2.75) is 25.7 Å². The van der Waals surface area contributed by atoms with Crippen molar-refractivity contribution < 1.29 is 18.7 Å². The van der Waals surface area contributed by atoms with Gasteiger partial charge >= 0.3 is 6.09 Å². The lowest BCUT2D eigenvalue weighted by molar-refractivity contribution is 0.0953. The number of carbonyl (C=O) groups excluding carboxylic acids is 2. The summed E-state index contributed by atoms with van der Waals surface area (Å²) < 4.78 is 14.5. The van der Waals surface area contributed by atoms with Gasteiger partial charge in [-0.15, -0.1) is 0 Å². The van der Waals surface area contributed by atoms with Crippen molar-refractivity contribution in [2.75, 3.05) is 46.6 Å². The van der Waals surface area contributed by atoms with E-state index in [9.17, 15) is 9.59 Å². The first-order valence-electron chi connectivity index (χ1n) is 16.1. The average molecular weight is 710 g/mol. The SMILES string of the molecule is CN(C)C(=O)Oc1ccc2cc(C(=O)NCCCCCCNc3cc4oc5cc(=[N+](C)C)ccc-5nc4c4ccccc34)ccc2c1Br. The van der Waals surface area contributed by atoms with E-state index in [2.05, 4.69) is 55.4 Å². The molecular formula is C38H39BrN5O4+. The molecule has 0 bridgehead atoms. The zero-order chi connectivity index (χ0) is 33.8. The van der Waals surface area contributed by atoms with Crippen LogP contribution in [0.1, 0.15) is 36.0 Å². The van der Waals surface area contributed by atoms with E-state index >= 15 is 0 Å². The van der Waals surface area contributed by atoms with Crippen LogP contribution in [-0.4, -0.2) is 63.2 Å². The molecule has 48 heavy (non-hydrogen) atoms. The van der Waals surface area contributed by atoms with Gasteiger partial charge in [-0.2, -0.15) is 0 Å². The minimum absolute atomic E-state index is 0.105. The molecular weight excluding hydrogens is 670 g/mol. The minimum atomic E-state index is -0.456. The Morgan fingerprint density at radius 2 is 1.65 bits per heavy atom. The van der Waals surface area contributed by atoms with Crippen LogP contribution < -0.4 is 25.3 Å². The molecule has 0 saturated heterocycles. The molecule has 0 spiro atoms. The van der Waals surface area contributed by atoms with E-state index in [1.54, 1.807) is 26.2 Å². The van der Waals surface area contributed by atoms with Crippen LogP contribution in [0.4, 0.5) is 10.5 Å². The second-order valence-corrected chi connectivity index (χ2v) is 13.0. The third-order valence-corrected chi connectivity index (χ3v) is 9.16. The lowest BCUT2D eigenvalue weighted by Gasteiger charge is -2.14. The van der Waals surface area contributed by atoms with Crippen LogP contribution in [-0.2, 0) is 0 Å². The summed E-state index contributed by atoms with van der Waals surface area (Å²) in [6.07, 6.45) is 3.51. The number of amides is 2. The fourth-order valence-corrected chi connectivity index (χ4v) is 6.25. The molecule has 9 nitrogen and oxygen atoms in total. The topological polar surface area (TPSA) is 99.7 Å². The summed E-state index contributed by atoms with van der Waals surface area (Å²) in [5, 5.41) is 11.7. The normalized spacial score (nSPS) is 11.3. The van der Waals surface area contributed by atoms with Gasteiger partial charge < -0.3 is 24.7 Å². The van der Waals surface area contributed by atoms with Crippen molar-refractivity contribution in [1.82, 2.24) is 19.8 Å². The molecule has 4 aromatic rings. The number of nitrogens with zero attached hydrogens (tertiary/aromatic N) is 3. The number of fused-ring (bicyclic) bond motifs is 5. The van der Waals surface area contributed by atoms with Crippen molar-refractivity contribution in [1.29, 1.82) is 0 Å². The summed E-state index contributed by atoms with van der Waals surface area (Å²) in [7, 11) is 7.29. The van der Waals surface area contributed by atoms with Gasteiger partial charge in [0.15, 0.2) is 11.3 Å².